The Balaban J connectivity index is 2.20. The van der Waals surface area contributed by atoms with Crippen molar-refractivity contribution >= 4 is 0 Å². The van der Waals surface area contributed by atoms with E-state index in [0.717, 1.165) is 17.9 Å². The minimum atomic E-state index is 0.353. The molecule has 0 amide bonds. The zero-order valence-electron chi connectivity index (χ0n) is 10.6. The van der Waals surface area contributed by atoms with Gasteiger partial charge in [-0.2, -0.15) is 0 Å². The van der Waals surface area contributed by atoms with E-state index in [-0.39, 0.29) is 0 Å². The number of nitrogens with zero attached hydrogens (tertiary/aromatic N) is 1. The minimum absolute atomic E-state index is 0.353. The van der Waals surface area contributed by atoms with Gasteiger partial charge in [-0.3, -0.25) is 4.90 Å². The summed E-state index contributed by atoms with van der Waals surface area (Å²) in [5, 5.41) is 0. The summed E-state index contributed by atoms with van der Waals surface area (Å²) in [4.78, 5) is 2.74. The van der Waals surface area contributed by atoms with E-state index in [2.05, 4.69) is 46.4 Å². The molecule has 1 saturated carbocycles. The minimum Gasteiger partial charge on any atom is -0.294 e. The molecule has 0 aromatic carbocycles. The van der Waals surface area contributed by atoms with E-state index in [4.69, 9.17) is 0 Å². The third-order valence-electron chi connectivity index (χ3n) is 3.90. The van der Waals surface area contributed by atoms with Gasteiger partial charge >= 0.3 is 0 Å². The first-order valence-electron chi connectivity index (χ1n) is 5.98. The molecule has 3 atom stereocenters. The molecule has 1 aliphatic heterocycles. The Morgan fingerprint density at radius 1 is 1.00 bits per heavy atom. The number of rotatable bonds is 0. The molecule has 2 aliphatic rings. The first-order valence-corrected chi connectivity index (χ1v) is 5.98. The maximum Gasteiger partial charge on any atom is 0.0180 e. The molecular weight excluding hydrogens is 170 g/mol. The summed E-state index contributed by atoms with van der Waals surface area (Å²) in [7, 11) is 0. The Morgan fingerprint density at radius 3 is 1.93 bits per heavy atom. The fraction of sp³-hybridized carbons (Fsp3) is 1.00. The summed E-state index contributed by atoms with van der Waals surface area (Å²) < 4.78 is 0. The van der Waals surface area contributed by atoms with Gasteiger partial charge in [0.1, 0.15) is 0 Å². The fourth-order valence-electron chi connectivity index (χ4n) is 3.27. The normalized spacial score (nSPS) is 38.6. The molecule has 1 heterocycles. The smallest absolute Gasteiger partial charge is 0.0180 e. The summed E-state index contributed by atoms with van der Waals surface area (Å²) in [5.74, 6) is 2.03. The monoisotopic (exact) mass is 195 g/mol. The molecule has 82 valence electrons. The molecule has 1 heteroatoms. The molecule has 0 aromatic heterocycles. The highest BCUT2D eigenvalue weighted by atomic mass is 15.3. The Morgan fingerprint density at radius 2 is 1.57 bits per heavy atom. The third kappa shape index (κ3) is 1.60. The zero-order chi connectivity index (χ0) is 10.7. The van der Waals surface area contributed by atoms with Crippen molar-refractivity contribution in [2.75, 3.05) is 6.54 Å². The standard InChI is InChI=1S/C13H25N/c1-12(2,3)11-10-7-9(10)8-14(11)13(4,5)6/h9-11H,7-8H2,1-6H3/t9-,10-,11?/m0/s1. The summed E-state index contributed by atoms with van der Waals surface area (Å²) in [6.07, 6.45) is 1.49. The Hall–Kier alpha value is -0.0400. The van der Waals surface area contributed by atoms with Crippen LogP contribution in [-0.2, 0) is 0 Å². The van der Waals surface area contributed by atoms with Crippen LogP contribution in [-0.4, -0.2) is 23.0 Å². The van der Waals surface area contributed by atoms with Crippen LogP contribution in [0.2, 0.25) is 0 Å². The maximum atomic E-state index is 2.74. The van der Waals surface area contributed by atoms with Gasteiger partial charge in [0.2, 0.25) is 0 Å². The van der Waals surface area contributed by atoms with Crippen LogP contribution in [0.5, 0.6) is 0 Å². The number of hydrogen-bond donors (Lipinski definition) is 0. The fourth-order valence-corrected chi connectivity index (χ4v) is 3.27. The van der Waals surface area contributed by atoms with Crippen molar-refractivity contribution in [2.24, 2.45) is 17.3 Å². The summed E-state index contributed by atoms with van der Waals surface area (Å²) >= 11 is 0. The second kappa shape index (κ2) is 2.75. The van der Waals surface area contributed by atoms with Crippen molar-refractivity contribution in [3.8, 4) is 0 Å². The van der Waals surface area contributed by atoms with Gasteiger partial charge in [-0.25, -0.2) is 0 Å². The van der Waals surface area contributed by atoms with Crippen molar-refractivity contribution in [2.45, 2.75) is 59.5 Å². The van der Waals surface area contributed by atoms with E-state index in [0.29, 0.717) is 11.0 Å². The summed E-state index contributed by atoms with van der Waals surface area (Å²) in [6, 6.07) is 0.812. The van der Waals surface area contributed by atoms with E-state index in [9.17, 15) is 0 Å². The van der Waals surface area contributed by atoms with Crippen molar-refractivity contribution in [1.29, 1.82) is 0 Å². The lowest BCUT2D eigenvalue weighted by molar-refractivity contribution is 0.0375. The van der Waals surface area contributed by atoms with Gasteiger partial charge in [0.15, 0.2) is 0 Å². The van der Waals surface area contributed by atoms with Crippen LogP contribution in [0.25, 0.3) is 0 Å². The lowest BCUT2D eigenvalue weighted by Gasteiger charge is -2.45. The van der Waals surface area contributed by atoms with Gasteiger partial charge in [0.25, 0.3) is 0 Å². The van der Waals surface area contributed by atoms with Crippen LogP contribution in [0.15, 0.2) is 0 Å². The Kier molecular flexibility index (Phi) is 2.06. The summed E-state index contributed by atoms with van der Waals surface area (Å²) in [6.45, 7) is 15.6. The average molecular weight is 195 g/mol. The molecule has 2 fully saturated rings. The van der Waals surface area contributed by atoms with Gasteiger partial charge in [-0.05, 0) is 44.4 Å². The van der Waals surface area contributed by atoms with Crippen LogP contribution >= 0.6 is 0 Å². The lowest BCUT2D eigenvalue weighted by Crippen LogP contribution is -2.51. The summed E-state index contributed by atoms with van der Waals surface area (Å²) in [5.41, 5.74) is 0.800. The van der Waals surface area contributed by atoms with E-state index in [1.807, 2.05) is 0 Å². The average Bonchev–Trinajstić information content (AvgIpc) is 2.56. The number of likely N-dealkylation sites (tertiary alicyclic amines) is 1. The first-order chi connectivity index (χ1) is 6.21. The van der Waals surface area contributed by atoms with Gasteiger partial charge in [-0.15, -0.1) is 0 Å². The predicted octanol–water partition coefficient (Wildman–Crippen LogP) is 3.15. The molecule has 14 heavy (non-hydrogen) atoms. The van der Waals surface area contributed by atoms with Crippen LogP contribution in [0.1, 0.15) is 48.0 Å². The van der Waals surface area contributed by atoms with Crippen LogP contribution in [0.3, 0.4) is 0 Å². The number of hydrogen-bond acceptors (Lipinski definition) is 1. The topological polar surface area (TPSA) is 3.24 Å². The second-order valence-corrected chi connectivity index (χ2v) is 7.29. The van der Waals surface area contributed by atoms with Crippen molar-refractivity contribution in [1.82, 2.24) is 4.90 Å². The molecule has 1 aliphatic carbocycles. The van der Waals surface area contributed by atoms with Gasteiger partial charge in [0.05, 0.1) is 0 Å². The molecule has 0 bridgehead atoms. The predicted molar refractivity (Wildman–Crippen MR) is 61.3 cm³/mol. The molecule has 0 spiro atoms. The molecule has 0 radical (unpaired) electrons. The first kappa shape index (κ1) is 10.5. The van der Waals surface area contributed by atoms with Gasteiger partial charge < -0.3 is 0 Å². The molecule has 0 N–H and O–H groups in total. The molecule has 1 saturated heterocycles. The Labute approximate surface area is 88.9 Å². The number of piperidine rings is 1. The SMILES string of the molecule is CC(C)(C)C1[C@H]2C[C@H]2CN1C(C)(C)C. The highest BCUT2D eigenvalue weighted by molar-refractivity contribution is 5.10. The van der Waals surface area contributed by atoms with Crippen LogP contribution < -0.4 is 0 Å². The van der Waals surface area contributed by atoms with E-state index in [1.54, 1.807) is 0 Å². The van der Waals surface area contributed by atoms with Crippen LogP contribution in [0, 0.1) is 17.3 Å². The Bertz CT molecular complexity index is 231. The maximum absolute atomic E-state index is 2.74. The zero-order valence-corrected chi connectivity index (χ0v) is 10.6. The number of fused-ring (bicyclic) bond motifs is 1. The van der Waals surface area contributed by atoms with E-state index >= 15 is 0 Å². The third-order valence-corrected chi connectivity index (χ3v) is 3.90. The molecule has 0 aromatic rings. The molecule has 1 nitrogen and oxygen atoms in total. The highest BCUT2D eigenvalue weighted by Gasteiger charge is 2.57. The van der Waals surface area contributed by atoms with Crippen molar-refractivity contribution < 1.29 is 0 Å². The molecule has 2 rings (SSSR count). The lowest BCUT2D eigenvalue weighted by atomic mass is 9.82. The highest BCUT2D eigenvalue weighted by Crippen LogP contribution is 2.56. The van der Waals surface area contributed by atoms with E-state index < -0.39 is 0 Å². The second-order valence-electron chi connectivity index (χ2n) is 7.29. The van der Waals surface area contributed by atoms with Gasteiger partial charge in [-0.1, -0.05) is 20.8 Å². The molecular formula is C13H25N. The van der Waals surface area contributed by atoms with Crippen LogP contribution in [0.4, 0.5) is 0 Å². The molecule has 1 unspecified atom stereocenters. The van der Waals surface area contributed by atoms with Crippen molar-refractivity contribution in [3.05, 3.63) is 0 Å². The largest absolute Gasteiger partial charge is 0.294 e. The quantitative estimate of drug-likeness (QED) is 0.574. The van der Waals surface area contributed by atoms with Crippen molar-refractivity contribution in [3.63, 3.8) is 0 Å². The van der Waals surface area contributed by atoms with Gasteiger partial charge in [0, 0.05) is 18.1 Å². The van der Waals surface area contributed by atoms with E-state index in [1.165, 1.54) is 13.0 Å².